The van der Waals surface area contributed by atoms with Gasteiger partial charge in [-0.25, -0.2) is 4.99 Å². The van der Waals surface area contributed by atoms with Gasteiger partial charge in [0.1, 0.15) is 12.3 Å². The van der Waals surface area contributed by atoms with Crippen LogP contribution in [0.1, 0.15) is 6.42 Å². The molecule has 114 valence electrons. The van der Waals surface area contributed by atoms with E-state index in [1.54, 1.807) is 0 Å². The van der Waals surface area contributed by atoms with Crippen LogP contribution >= 0.6 is 0 Å². The summed E-state index contributed by atoms with van der Waals surface area (Å²) < 4.78 is 5.55. The quantitative estimate of drug-likeness (QED) is 0.384. The molecule has 0 aliphatic carbocycles. The highest BCUT2D eigenvalue weighted by Gasteiger charge is 2.66. The maximum absolute atomic E-state index is 11.9. The largest absolute Gasteiger partial charge is 0.394 e. The second-order valence-electron chi connectivity index (χ2n) is 5.07. The minimum absolute atomic E-state index is 0.0125. The van der Waals surface area contributed by atoms with E-state index in [1.165, 1.54) is 4.90 Å². The summed E-state index contributed by atoms with van der Waals surface area (Å²) >= 11 is 0. The smallest absolute Gasteiger partial charge is 0.307 e. The molecule has 4 heterocycles. The summed E-state index contributed by atoms with van der Waals surface area (Å²) in [6, 6.07) is 0. The molecule has 1 amide bonds. The van der Waals surface area contributed by atoms with Gasteiger partial charge in [0.25, 0.3) is 5.91 Å². The third-order valence-corrected chi connectivity index (χ3v) is 3.81. The van der Waals surface area contributed by atoms with E-state index in [-0.39, 0.29) is 24.7 Å². The Morgan fingerprint density at radius 1 is 1.57 bits per heavy atom. The Balaban J connectivity index is 1.70. The van der Waals surface area contributed by atoms with Crippen LogP contribution < -0.4 is 11.1 Å². The van der Waals surface area contributed by atoms with E-state index in [9.17, 15) is 9.90 Å². The molecule has 0 saturated carbocycles. The van der Waals surface area contributed by atoms with Gasteiger partial charge in [-0.1, -0.05) is 0 Å². The number of nitrogens with one attached hydrogen (secondary N) is 1. The highest BCUT2D eigenvalue weighted by molar-refractivity contribution is 6.46. The summed E-state index contributed by atoms with van der Waals surface area (Å²) in [4.78, 5) is 31.7. The molecule has 0 aromatic rings. The van der Waals surface area contributed by atoms with Crippen LogP contribution in [0.2, 0.25) is 0 Å². The van der Waals surface area contributed by atoms with Gasteiger partial charge in [-0.3, -0.25) is 10.1 Å². The number of carbonyl (C=O) groups is 1. The second-order valence-corrected chi connectivity index (χ2v) is 5.07. The Hall–Kier alpha value is -1.63. The highest BCUT2D eigenvalue weighted by atomic mass is 17.2. The summed E-state index contributed by atoms with van der Waals surface area (Å²) in [5.41, 5.74) is 5.59. The topological polar surface area (TPSA) is 151 Å². The van der Waals surface area contributed by atoms with Crippen molar-refractivity contribution in [3.05, 3.63) is 0 Å². The van der Waals surface area contributed by atoms with Crippen molar-refractivity contribution >= 4 is 17.6 Å². The monoisotopic (exact) mass is 299 g/mol. The molecule has 0 aromatic carbocycles. The van der Waals surface area contributed by atoms with Crippen molar-refractivity contribution in [2.45, 2.75) is 37.1 Å². The number of nitrogens with two attached hydrogens (primary N) is 1. The maximum Gasteiger partial charge on any atom is 0.307 e. The number of rotatable bonds is 2. The van der Waals surface area contributed by atoms with Crippen LogP contribution in [0.4, 0.5) is 0 Å². The van der Waals surface area contributed by atoms with Gasteiger partial charge in [-0.05, 0) is 0 Å². The van der Waals surface area contributed by atoms with Crippen LogP contribution in [-0.4, -0.2) is 69.9 Å². The summed E-state index contributed by atoms with van der Waals surface area (Å²) in [5.74, 6) is -2.27. The first-order chi connectivity index (χ1) is 10.0. The summed E-state index contributed by atoms with van der Waals surface area (Å²) in [5, 5.41) is 21.3. The first-order valence-electron chi connectivity index (χ1n) is 6.37. The van der Waals surface area contributed by atoms with Crippen molar-refractivity contribution in [2.24, 2.45) is 15.7 Å². The predicted molar refractivity (Wildman–Crippen MR) is 64.1 cm³/mol. The number of ether oxygens (including phenoxy) is 1. The number of amides is 1. The number of guanidine groups is 1. The van der Waals surface area contributed by atoms with Gasteiger partial charge in [0, 0.05) is 6.42 Å². The molecule has 2 fully saturated rings. The molecule has 5 N–H and O–H groups in total. The lowest BCUT2D eigenvalue weighted by atomic mass is 10.1. The van der Waals surface area contributed by atoms with Crippen molar-refractivity contribution in [3.63, 3.8) is 0 Å². The fourth-order valence-electron chi connectivity index (χ4n) is 2.88. The van der Waals surface area contributed by atoms with E-state index in [0.29, 0.717) is 0 Å². The first-order valence-corrected chi connectivity index (χ1v) is 6.37. The number of aliphatic imine (C=N–C) groups is 2. The number of hydrogen-bond donors (Lipinski definition) is 4. The molecule has 1 spiro atoms. The summed E-state index contributed by atoms with van der Waals surface area (Å²) in [7, 11) is 0. The van der Waals surface area contributed by atoms with Crippen molar-refractivity contribution in [1.82, 2.24) is 10.2 Å². The number of aliphatic hydroxyl groups excluding tert-OH is 2. The van der Waals surface area contributed by atoms with Crippen LogP contribution in [0.5, 0.6) is 0 Å². The molecular weight excluding hydrogens is 286 g/mol. The molecule has 4 rings (SSSR count). The van der Waals surface area contributed by atoms with Gasteiger partial charge in [0.2, 0.25) is 6.35 Å². The number of nitrogens with zero attached hydrogens (tertiary/aromatic N) is 3. The molecule has 11 nitrogen and oxygen atoms in total. The molecule has 5 atom stereocenters. The molecule has 0 aromatic heterocycles. The van der Waals surface area contributed by atoms with E-state index >= 15 is 0 Å². The van der Waals surface area contributed by atoms with Crippen LogP contribution in [0.3, 0.4) is 0 Å². The third kappa shape index (κ3) is 1.61. The van der Waals surface area contributed by atoms with Crippen LogP contribution in [0.15, 0.2) is 9.98 Å². The molecule has 2 saturated heterocycles. The van der Waals surface area contributed by atoms with Gasteiger partial charge in [-0.15, -0.1) is 0 Å². The fraction of sp³-hybridized carbons (Fsp3) is 0.700. The lowest BCUT2D eigenvalue weighted by Gasteiger charge is -2.32. The van der Waals surface area contributed by atoms with E-state index in [2.05, 4.69) is 15.3 Å². The second kappa shape index (κ2) is 4.19. The molecule has 0 radical (unpaired) electrons. The summed E-state index contributed by atoms with van der Waals surface area (Å²) in [6.45, 7) is -0.329. The lowest BCUT2D eigenvalue weighted by molar-refractivity contribution is -0.315. The van der Waals surface area contributed by atoms with E-state index in [1.807, 2.05) is 0 Å². The molecular formula is C10H13N5O6. The van der Waals surface area contributed by atoms with Crippen molar-refractivity contribution in [2.75, 3.05) is 6.61 Å². The molecule has 21 heavy (non-hydrogen) atoms. The van der Waals surface area contributed by atoms with Crippen LogP contribution in [0, 0.1) is 0 Å². The molecule has 2 bridgehead atoms. The van der Waals surface area contributed by atoms with Crippen LogP contribution in [0.25, 0.3) is 0 Å². The SMILES string of the molecule is NC1=NC23OOC(N=C2C(=O)N1)N3[C@H]1C[C@H](O)[C@@H](CO)O1. The first kappa shape index (κ1) is 13.1. The Morgan fingerprint density at radius 2 is 2.38 bits per heavy atom. The van der Waals surface area contributed by atoms with Crippen molar-refractivity contribution in [1.29, 1.82) is 0 Å². The van der Waals surface area contributed by atoms with Gasteiger partial charge in [0.05, 0.1) is 12.7 Å². The zero-order chi connectivity index (χ0) is 14.8. The van der Waals surface area contributed by atoms with E-state index in [0.717, 1.165) is 0 Å². The average molecular weight is 299 g/mol. The molecule has 4 aliphatic rings. The van der Waals surface area contributed by atoms with Gasteiger partial charge in [-0.2, -0.15) is 19.7 Å². The number of fused-ring (bicyclic) bond motifs is 1. The Bertz CT molecular complexity index is 566. The number of aliphatic hydroxyl groups is 2. The van der Waals surface area contributed by atoms with Crippen LogP contribution in [-0.2, 0) is 19.3 Å². The van der Waals surface area contributed by atoms with Crippen molar-refractivity contribution < 1.29 is 29.5 Å². The maximum atomic E-state index is 11.9. The van der Waals surface area contributed by atoms with Gasteiger partial charge < -0.3 is 20.7 Å². The molecule has 4 aliphatic heterocycles. The van der Waals surface area contributed by atoms with Gasteiger partial charge in [0.15, 0.2) is 11.7 Å². The summed E-state index contributed by atoms with van der Waals surface area (Å²) in [6.07, 6.45) is -2.99. The van der Waals surface area contributed by atoms with Gasteiger partial charge >= 0.3 is 5.85 Å². The Kier molecular flexibility index (Phi) is 2.61. The third-order valence-electron chi connectivity index (χ3n) is 3.81. The lowest BCUT2D eigenvalue weighted by Crippen LogP contribution is -2.62. The van der Waals surface area contributed by atoms with E-state index in [4.69, 9.17) is 25.4 Å². The Labute approximate surface area is 117 Å². The zero-order valence-electron chi connectivity index (χ0n) is 10.7. The minimum atomic E-state index is -1.61. The number of hydrogen-bond acceptors (Lipinski definition) is 10. The van der Waals surface area contributed by atoms with Crippen molar-refractivity contribution in [3.8, 4) is 0 Å². The highest BCUT2D eigenvalue weighted by Crippen LogP contribution is 2.44. The normalized spacial score (nSPS) is 45.3. The minimum Gasteiger partial charge on any atom is -0.394 e. The number of carbonyl (C=O) groups excluding carboxylic acids is 1. The zero-order valence-corrected chi connectivity index (χ0v) is 10.7. The molecule has 2 unspecified atom stereocenters. The Morgan fingerprint density at radius 3 is 3.10 bits per heavy atom. The predicted octanol–water partition coefficient (Wildman–Crippen LogP) is -3.45. The average Bonchev–Trinajstić information content (AvgIpc) is 3.05. The molecule has 11 heteroatoms. The van der Waals surface area contributed by atoms with E-state index < -0.39 is 36.5 Å². The fourth-order valence-corrected chi connectivity index (χ4v) is 2.88. The standard InChI is InChI=1S/C10H13N5O6/c11-8-13-7(18)6-10(14-8)15(9(12-6)20-21-10)5-1-3(17)4(2-16)19-5/h3-5,9,16-17H,1-2H2,(H3,11,13,14,18)/t3-,4+,5+,9?,10?/m0/s1.